The van der Waals surface area contributed by atoms with Gasteiger partial charge in [-0.25, -0.2) is 4.31 Å². The standard InChI is InChI=1S/C24H34N4O4S/c1-6-16-25-24(30)20(3)27(17-21-13-11-10-12-19(21)2)23(29)18-28(33(31,32)26(4)5)22-14-8-7-9-15-22/h7-15,20H,6,16-18H2,1-5H3,(H,25,30)/t20-/m0/s1. The maximum atomic E-state index is 13.6. The van der Waals surface area contributed by atoms with Crippen molar-refractivity contribution in [1.29, 1.82) is 0 Å². The molecule has 180 valence electrons. The minimum absolute atomic E-state index is 0.191. The van der Waals surface area contributed by atoms with Gasteiger partial charge in [0, 0.05) is 27.2 Å². The van der Waals surface area contributed by atoms with Crippen molar-refractivity contribution in [3.63, 3.8) is 0 Å². The molecular weight excluding hydrogens is 440 g/mol. The average molecular weight is 475 g/mol. The topological polar surface area (TPSA) is 90.0 Å². The minimum Gasteiger partial charge on any atom is -0.354 e. The molecule has 8 nitrogen and oxygen atoms in total. The zero-order valence-corrected chi connectivity index (χ0v) is 20.8. The summed E-state index contributed by atoms with van der Waals surface area (Å²) < 4.78 is 28.2. The predicted molar refractivity (Wildman–Crippen MR) is 131 cm³/mol. The number of carbonyl (C=O) groups excluding carboxylic acids is 2. The fourth-order valence-corrected chi connectivity index (χ4v) is 4.32. The fourth-order valence-electron chi connectivity index (χ4n) is 3.26. The Labute approximate surface area is 197 Å². The molecule has 1 N–H and O–H groups in total. The molecule has 0 bridgehead atoms. The lowest BCUT2D eigenvalue weighted by Crippen LogP contribution is -2.52. The molecule has 2 rings (SSSR count). The minimum atomic E-state index is -3.94. The molecule has 2 aromatic rings. The van der Waals surface area contributed by atoms with Crippen LogP contribution in [0.1, 0.15) is 31.4 Å². The van der Waals surface area contributed by atoms with Crippen LogP contribution in [0, 0.1) is 6.92 Å². The normalized spacial score (nSPS) is 12.3. The van der Waals surface area contributed by atoms with Gasteiger partial charge in [0.05, 0.1) is 5.69 Å². The molecule has 1 atom stereocenters. The highest BCUT2D eigenvalue weighted by Gasteiger charge is 2.32. The Kier molecular flexibility index (Phi) is 9.43. The van der Waals surface area contributed by atoms with E-state index >= 15 is 0 Å². The van der Waals surface area contributed by atoms with E-state index in [1.807, 2.05) is 38.1 Å². The van der Waals surface area contributed by atoms with Gasteiger partial charge in [0.1, 0.15) is 12.6 Å². The van der Waals surface area contributed by atoms with Crippen molar-refractivity contribution in [2.45, 2.75) is 39.8 Å². The number of benzene rings is 2. The lowest BCUT2D eigenvalue weighted by atomic mass is 10.1. The number of hydrogen-bond donors (Lipinski definition) is 1. The Balaban J connectivity index is 2.42. The summed E-state index contributed by atoms with van der Waals surface area (Å²) in [5, 5.41) is 2.83. The van der Waals surface area contributed by atoms with Crippen LogP contribution >= 0.6 is 0 Å². The molecule has 0 aliphatic rings. The Morgan fingerprint density at radius 3 is 2.18 bits per heavy atom. The van der Waals surface area contributed by atoms with Crippen LogP contribution in [0.2, 0.25) is 0 Å². The third-order valence-electron chi connectivity index (χ3n) is 5.38. The second kappa shape index (κ2) is 11.8. The summed E-state index contributed by atoms with van der Waals surface area (Å²) in [6.07, 6.45) is 0.771. The van der Waals surface area contributed by atoms with Crippen LogP contribution in [0.25, 0.3) is 0 Å². The van der Waals surface area contributed by atoms with E-state index in [1.165, 1.54) is 19.0 Å². The van der Waals surface area contributed by atoms with Crippen molar-refractivity contribution in [2.24, 2.45) is 0 Å². The zero-order chi connectivity index (χ0) is 24.6. The molecular formula is C24H34N4O4S. The van der Waals surface area contributed by atoms with E-state index in [-0.39, 0.29) is 12.5 Å². The SMILES string of the molecule is CCCNC(=O)[C@H](C)N(Cc1ccccc1C)C(=O)CN(c1ccccc1)S(=O)(=O)N(C)C. The van der Waals surface area contributed by atoms with Gasteiger partial charge in [-0.15, -0.1) is 0 Å². The summed E-state index contributed by atoms with van der Waals surface area (Å²) in [7, 11) is -1.11. The molecule has 0 aliphatic heterocycles. The molecule has 0 radical (unpaired) electrons. The molecule has 0 heterocycles. The third kappa shape index (κ3) is 6.79. The summed E-state index contributed by atoms with van der Waals surface area (Å²) in [6.45, 7) is 5.81. The monoisotopic (exact) mass is 474 g/mol. The van der Waals surface area contributed by atoms with E-state index in [4.69, 9.17) is 0 Å². The lowest BCUT2D eigenvalue weighted by Gasteiger charge is -2.33. The van der Waals surface area contributed by atoms with Crippen molar-refractivity contribution in [1.82, 2.24) is 14.5 Å². The van der Waals surface area contributed by atoms with Crippen molar-refractivity contribution in [3.05, 3.63) is 65.7 Å². The van der Waals surface area contributed by atoms with E-state index in [1.54, 1.807) is 37.3 Å². The molecule has 9 heteroatoms. The highest BCUT2D eigenvalue weighted by atomic mass is 32.2. The van der Waals surface area contributed by atoms with Crippen molar-refractivity contribution >= 4 is 27.7 Å². The Morgan fingerprint density at radius 2 is 1.61 bits per heavy atom. The first kappa shape index (κ1) is 26.3. The quantitative estimate of drug-likeness (QED) is 0.542. The van der Waals surface area contributed by atoms with Crippen LogP contribution in [0.3, 0.4) is 0 Å². The van der Waals surface area contributed by atoms with Gasteiger partial charge in [0.2, 0.25) is 11.8 Å². The van der Waals surface area contributed by atoms with Crippen LogP contribution in [0.4, 0.5) is 5.69 Å². The van der Waals surface area contributed by atoms with Gasteiger partial charge in [-0.2, -0.15) is 12.7 Å². The first-order valence-electron chi connectivity index (χ1n) is 11.0. The van der Waals surface area contributed by atoms with Crippen molar-refractivity contribution in [3.8, 4) is 0 Å². The van der Waals surface area contributed by atoms with Gasteiger partial charge in [-0.05, 0) is 43.5 Å². The number of para-hydroxylation sites is 1. The average Bonchev–Trinajstić information content (AvgIpc) is 2.80. The highest BCUT2D eigenvalue weighted by molar-refractivity contribution is 7.90. The summed E-state index contributed by atoms with van der Waals surface area (Å²) >= 11 is 0. The summed E-state index contributed by atoms with van der Waals surface area (Å²) in [6, 6.07) is 15.3. The molecule has 0 aromatic heterocycles. The van der Waals surface area contributed by atoms with Crippen molar-refractivity contribution < 1.29 is 18.0 Å². The van der Waals surface area contributed by atoms with Crippen LogP contribution in [0.5, 0.6) is 0 Å². The molecule has 0 saturated carbocycles. The van der Waals surface area contributed by atoms with E-state index < -0.39 is 28.7 Å². The molecule has 0 spiro atoms. The molecule has 0 fully saturated rings. The molecule has 2 aromatic carbocycles. The number of anilines is 1. The summed E-state index contributed by atoms with van der Waals surface area (Å²) in [4.78, 5) is 27.7. The van der Waals surface area contributed by atoms with Gasteiger partial charge < -0.3 is 10.2 Å². The van der Waals surface area contributed by atoms with Crippen molar-refractivity contribution in [2.75, 3.05) is 31.5 Å². The van der Waals surface area contributed by atoms with Gasteiger partial charge in [-0.3, -0.25) is 9.59 Å². The Hall–Kier alpha value is -2.91. The van der Waals surface area contributed by atoms with Gasteiger partial charge >= 0.3 is 10.2 Å². The maximum absolute atomic E-state index is 13.6. The summed E-state index contributed by atoms with van der Waals surface area (Å²) in [5.74, 6) is -0.743. The zero-order valence-electron chi connectivity index (χ0n) is 20.0. The van der Waals surface area contributed by atoms with Gasteiger partial charge in [0.25, 0.3) is 0 Å². The maximum Gasteiger partial charge on any atom is 0.304 e. The van der Waals surface area contributed by atoms with E-state index in [9.17, 15) is 18.0 Å². The van der Waals surface area contributed by atoms with Crippen LogP contribution in [-0.2, 0) is 26.3 Å². The summed E-state index contributed by atoms with van der Waals surface area (Å²) in [5.41, 5.74) is 2.25. The van der Waals surface area contributed by atoms with Crippen LogP contribution in [0.15, 0.2) is 54.6 Å². The van der Waals surface area contributed by atoms with Gasteiger partial charge in [0.15, 0.2) is 0 Å². The molecule has 2 amide bonds. The predicted octanol–water partition coefficient (Wildman–Crippen LogP) is 2.55. The Morgan fingerprint density at radius 1 is 1.00 bits per heavy atom. The largest absolute Gasteiger partial charge is 0.354 e. The molecule has 33 heavy (non-hydrogen) atoms. The number of hydrogen-bond acceptors (Lipinski definition) is 4. The number of rotatable bonds is 11. The highest BCUT2D eigenvalue weighted by Crippen LogP contribution is 2.21. The molecule has 0 saturated heterocycles. The number of carbonyl (C=O) groups is 2. The third-order valence-corrected chi connectivity index (χ3v) is 7.20. The first-order valence-corrected chi connectivity index (χ1v) is 12.4. The smallest absolute Gasteiger partial charge is 0.304 e. The van der Waals surface area contributed by atoms with Crippen LogP contribution < -0.4 is 9.62 Å². The first-order chi connectivity index (χ1) is 15.6. The van der Waals surface area contributed by atoms with E-state index in [0.29, 0.717) is 12.2 Å². The second-order valence-electron chi connectivity index (χ2n) is 8.05. The Bertz CT molecular complexity index is 1040. The second-order valence-corrected chi connectivity index (χ2v) is 10.1. The number of nitrogens with zero attached hydrogens (tertiary/aromatic N) is 3. The van der Waals surface area contributed by atoms with E-state index in [0.717, 1.165) is 26.2 Å². The van der Waals surface area contributed by atoms with E-state index in [2.05, 4.69) is 5.32 Å². The number of aryl methyl sites for hydroxylation is 1. The van der Waals surface area contributed by atoms with Gasteiger partial charge in [-0.1, -0.05) is 49.4 Å². The molecule has 0 aliphatic carbocycles. The number of nitrogens with one attached hydrogen (secondary N) is 1. The lowest BCUT2D eigenvalue weighted by molar-refractivity contribution is -0.139. The van der Waals surface area contributed by atoms with Crippen LogP contribution in [-0.4, -0.2) is 62.7 Å². The fraction of sp³-hybridized carbons (Fsp3) is 0.417. The number of amides is 2. The molecule has 0 unspecified atom stereocenters.